The number of sulfone groups is 1. The SMILES string of the molecule is N#C/C(=C\c1ccoc1)S(=O)(=O)c1ccccc1. The number of benzene rings is 1. The second-order valence-corrected chi connectivity index (χ2v) is 5.41. The molecule has 0 saturated heterocycles. The molecule has 0 aliphatic rings. The minimum Gasteiger partial charge on any atom is -0.472 e. The van der Waals surface area contributed by atoms with E-state index < -0.39 is 9.84 Å². The molecule has 2 rings (SSSR count). The highest BCUT2D eigenvalue weighted by Crippen LogP contribution is 2.20. The van der Waals surface area contributed by atoms with Crippen molar-refractivity contribution in [2.45, 2.75) is 4.90 Å². The topological polar surface area (TPSA) is 71.1 Å². The molecule has 1 aromatic carbocycles. The summed E-state index contributed by atoms with van der Waals surface area (Å²) in [6, 6.07) is 11.1. The molecule has 4 nitrogen and oxygen atoms in total. The first-order valence-electron chi connectivity index (χ1n) is 5.09. The predicted octanol–water partition coefficient (Wildman–Crippen LogP) is 2.62. The van der Waals surface area contributed by atoms with E-state index in [1.165, 1.54) is 30.7 Å². The van der Waals surface area contributed by atoms with Gasteiger partial charge in [-0.25, -0.2) is 8.42 Å². The standard InChI is InChI=1S/C13H9NO3S/c14-9-13(8-11-6-7-17-10-11)18(15,16)12-4-2-1-3-5-12/h1-8,10H/b13-8+. The van der Waals surface area contributed by atoms with Crippen molar-refractivity contribution in [2.75, 3.05) is 0 Å². The summed E-state index contributed by atoms with van der Waals surface area (Å²) in [5, 5.41) is 8.99. The fourth-order valence-electron chi connectivity index (χ4n) is 1.41. The Kier molecular flexibility index (Phi) is 3.31. The number of rotatable bonds is 3. The van der Waals surface area contributed by atoms with Gasteiger partial charge in [0.25, 0.3) is 0 Å². The molecule has 0 saturated carbocycles. The third-order valence-corrected chi connectivity index (χ3v) is 3.98. The third-order valence-electron chi connectivity index (χ3n) is 2.29. The normalized spacial score (nSPS) is 12.1. The van der Waals surface area contributed by atoms with Crippen LogP contribution in [0.25, 0.3) is 6.08 Å². The van der Waals surface area contributed by atoms with E-state index in [2.05, 4.69) is 0 Å². The van der Waals surface area contributed by atoms with Gasteiger partial charge in [-0.3, -0.25) is 0 Å². The van der Waals surface area contributed by atoms with Crippen LogP contribution < -0.4 is 0 Å². The zero-order valence-corrected chi connectivity index (χ0v) is 10.1. The van der Waals surface area contributed by atoms with E-state index in [0.29, 0.717) is 5.56 Å². The largest absolute Gasteiger partial charge is 0.472 e. The van der Waals surface area contributed by atoms with E-state index >= 15 is 0 Å². The highest BCUT2D eigenvalue weighted by atomic mass is 32.2. The lowest BCUT2D eigenvalue weighted by atomic mass is 10.3. The highest BCUT2D eigenvalue weighted by Gasteiger charge is 2.20. The van der Waals surface area contributed by atoms with E-state index in [1.54, 1.807) is 30.3 Å². The molecule has 0 fully saturated rings. The van der Waals surface area contributed by atoms with Gasteiger partial charge in [0.05, 0.1) is 17.4 Å². The molecule has 1 heterocycles. The van der Waals surface area contributed by atoms with Crippen LogP contribution in [0, 0.1) is 11.3 Å². The van der Waals surface area contributed by atoms with Crippen LogP contribution in [0.4, 0.5) is 0 Å². The first-order chi connectivity index (χ1) is 8.64. The fraction of sp³-hybridized carbons (Fsp3) is 0. The summed E-state index contributed by atoms with van der Waals surface area (Å²) >= 11 is 0. The third kappa shape index (κ3) is 2.34. The smallest absolute Gasteiger partial charge is 0.216 e. The summed E-state index contributed by atoms with van der Waals surface area (Å²) in [4.78, 5) is -0.212. The minimum atomic E-state index is -3.77. The summed E-state index contributed by atoms with van der Waals surface area (Å²) < 4.78 is 29.2. The van der Waals surface area contributed by atoms with E-state index in [1.807, 2.05) is 0 Å². The van der Waals surface area contributed by atoms with Gasteiger partial charge >= 0.3 is 0 Å². The minimum absolute atomic E-state index is 0.0984. The van der Waals surface area contributed by atoms with Crippen LogP contribution in [0.3, 0.4) is 0 Å². The van der Waals surface area contributed by atoms with Gasteiger partial charge in [-0.05, 0) is 24.3 Å². The molecule has 5 heteroatoms. The van der Waals surface area contributed by atoms with Gasteiger partial charge in [-0.1, -0.05) is 18.2 Å². The Morgan fingerprint density at radius 2 is 1.94 bits per heavy atom. The van der Waals surface area contributed by atoms with E-state index in [0.717, 1.165) is 0 Å². The monoisotopic (exact) mass is 259 g/mol. The van der Waals surface area contributed by atoms with Crippen molar-refractivity contribution in [1.82, 2.24) is 0 Å². The first kappa shape index (κ1) is 12.1. The van der Waals surface area contributed by atoms with Crippen molar-refractivity contribution >= 4 is 15.9 Å². The van der Waals surface area contributed by atoms with Gasteiger partial charge in [-0.15, -0.1) is 0 Å². The number of allylic oxidation sites excluding steroid dienone is 1. The lowest BCUT2D eigenvalue weighted by Gasteiger charge is -2.01. The molecular weight excluding hydrogens is 250 g/mol. The van der Waals surface area contributed by atoms with Crippen molar-refractivity contribution in [1.29, 1.82) is 5.26 Å². The van der Waals surface area contributed by atoms with Crippen LogP contribution in [0.1, 0.15) is 5.56 Å². The van der Waals surface area contributed by atoms with E-state index in [9.17, 15) is 8.42 Å². The Hall–Kier alpha value is -2.32. The quantitative estimate of drug-likeness (QED) is 0.794. The molecule has 0 bridgehead atoms. The van der Waals surface area contributed by atoms with Crippen molar-refractivity contribution in [3.63, 3.8) is 0 Å². The average molecular weight is 259 g/mol. The Labute approximate surface area is 105 Å². The number of hydrogen-bond acceptors (Lipinski definition) is 4. The van der Waals surface area contributed by atoms with Gasteiger partial charge in [0.2, 0.25) is 9.84 Å². The zero-order chi connectivity index (χ0) is 13.0. The molecule has 0 amide bonds. The molecule has 2 aromatic rings. The van der Waals surface area contributed by atoms with Crippen LogP contribution in [0.15, 0.2) is 63.1 Å². The molecule has 90 valence electrons. The zero-order valence-electron chi connectivity index (χ0n) is 9.28. The van der Waals surface area contributed by atoms with Crippen molar-refractivity contribution < 1.29 is 12.8 Å². The van der Waals surface area contributed by atoms with Gasteiger partial charge in [0, 0.05) is 5.56 Å². The molecule has 0 unspecified atom stereocenters. The van der Waals surface area contributed by atoms with Gasteiger partial charge in [-0.2, -0.15) is 5.26 Å². The predicted molar refractivity (Wildman–Crippen MR) is 65.9 cm³/mol. The molecule has 0 spiro atoms. The second-order valence-electron chi connectivity index (χ2n) is 3.49. The maximum atomic E-state index is 12.2. The van der Waals surface area contributed by atoms with Gasteiger partial charge in [0.1, 0.15) is 11.0 Å². The number of hydrogen-bond donors (Lipinski definition) is 0. The molecule has 0 aliphatic carbocycles. The first-order valence-corrected chi connectivity index (χ1v) is 6.57. The van der Waals surface area contributed by atoms with Gasteiger partial charge < -0.3 is 4.42 Å². The van der Waals surface area contributed by atoms with Crippen LogP contribution in [0.5, 0.6) is 0 Å². The number of furan rings is 1. The maximum Gasteiger partial charge on any atom is 0.216 e. The summed E-state index contributed by atoms with van der Waals surface area (Å²) in [7, 11) is -3.77. The van der Waals surface area contributed by atoms with E-state index in [4.69, 9.17) is 9.68 Å². The molecule has 0 N–H and O–H groups in total. The van der Waals surface area contributed by atoms with Crippen LogP contribution in [-0.4, -0.2) is 8.42 Å². The van der Waals surface area contributed by atoms with Gasteiger partial charge in [0.15, 0.2) is 0 Å². The molecule has 0 aliphatic heterocycles. The molecule has 1 aromatic heterocycles. The lowest BCUT2D eigenvalue weighted by Crippen LogP contribution is -2.03. The van der Waals surface area contributed by atoms with Crippen molar-refractivity contribution in [2.24, 2.45) is 0 Å². The number of nitrogens with zero attached hydrogens (tertiary/aromatic N) is 1. The summed E-state index contributed by atoms with van der Waals surface area (Å²) in [6.45, 7) is 0. The molecule has 0 radical (unpaired) electrons. The lowest BCUT2D eigenvalue weighted by molar-refractivity contribution is 0.567. The summed E-state index contributed by atoms with van der Waals surface area (Å²) in [5.74, 6) is 0. The van der Waals surface area contributed by atoms with Crippen LogP contribution >= 0.6 is 0 Å². The maximum absolute atomic E-state index is 12.2. The molecule has 0 atom stereocenters. The average Bonchev–Trinajstić information content (AvgIpc) is 2.89. The fourth-order valence-corrected chi connectivity index (χ4v) is 2.59. The van der Waals surface area contributed by atoms with Crippen LogP contribution in [0.2, 0.25) is 0 Å². The summed E-state index contributed by atoms with van der Waals surface area (Å²) in [5.41, 5.74) is 0.533. The summed E-state index contributed by atoms with van der Waals surface area (Å²) in [6.07, 6.45) is 4.07. The Balaban J connectivity index is 2.50. The molecule has 18 heavy (non-hydrogen) atoms. The number of nitriles is 1. The van der Waals surface area contributed by atoms with E-state index in [-0.39, 0.29) is 9.80 Å². The van der Waals surface area contributed by atoms with Crippen LogP contribution in [-0.2, 0) is 9.84 Å². The van der Waals surface area contributed by atoms with Crippen molar-refractivity contribution in [3.8, 4) is 6.07 Å². The molecular formula is C13H9NO3S. The van der Waals surface area contributed by atoms with Crippen molar-refractivity contribution in [3.05, 3.63) is 59.4 Å². The Morgan fingerprint density at radius 3 is 2.50 bits per heavy atom. The highest BCUT2D eigenvalue weighted by molar-refractivity contribution is 7.95. The Bertz CT molecular complexity index is 692. The Morgan fingerprint density at radius 1 is 1.22 bits per heavy atom. The second kappa shape index (κ2) is 4.90.